The van der Waals surface area contributed by atoms with Gasteiger partial charge in [-0.2, -0.15) is 14.6 Å². The summed E-state index contributed by atoms with van der Waals surface area (Å²) in [6.07, 6.45) is 1.39. The Morgan fingerprint density at radius 2 is 2.31 bits per heavy atom. The first-order valence-corrected chi connectivity index (χ1v) is 4.14. The third kappa shape index (κ3) is 1.04. The summed E-state index contributed by atoms with van der Waals surface area (Å²) in [6.45, 7) is 4.68. The molecule has 13 heavy (non-hydrogen) atoms. The van der Waals surface area contributed by atoms with Gasteiger partial charge >= 0.3 is 0 Å². The molecule has 2 aromatic heterocycles. The third-order valence-corrected chi connectivity index (χ3v) is 2.05. The van der Waals surface area contributed by atoms with Crippen molar-refractivity contribution in [3.8, 4) is 0 Å². The van der Waals surface area contributed by atoms with E-state index in [1.807, 2.05) is 18.4 Å². The van der Waals surface area contributed by atoms with Crippen LogP contribution >= 0.6 is 0 Å². The Morgan fingerprint density at radius 3 is 3.00 bits per heavy atom. The maximum atomic E-state index is 11.4. The molecule has 0 N–H and O–H groups in total. The van der Waals surface area contributed by atoms with E-state index in [0.717, 1.165) is 12.2 Å². The average molecular weight is 178 g/mol. The van der Waals surface area contributed by atoms with E-state index < -0.39 is 0 Å². The fourth-order valence-electron chi connectivity index (χ4n) is 1.44. The molecule has 0 aliphatic heterocycles. The molecule has 2 aromatic rings. The molecule has 0 radical (unpaired) electrons. The summed E-state index contributed by atoms with van der Waals surface area (Å²) in [5.74, 6) is 0.604. The zero-order valence-corrected chi connectivity index (χ0v) is 7.56. The van der Waals surface area contributed by atoms with Crippen LogP contribution in [0.25, 0.3) is 5.78 Å². The zero-order valence-electron chi connectivity index (χ0n) is 7.56. The van der Waals surface area contributed by atoms with E-state index in [0.29, 0.717) is 5.78 Å². The maximum Gasteiger partial charge on any atom is 0.275 e. The molecule has 5 nitrogen and oxygen atoms in total. The van der Waals surface area contributed by atoms with Crippen molar-refractivity contribution in [2.24, 2.45) is 0 Å². The van der Waals surface area contributed by atoms with E-state index in [1.54, 1.807) is 6.07 Å². The van der Waals surface area contributed by atoms with E-state index in [-0.39, 0.29) is 5.56 Å². The molecule has 0 atom stereocenters. The minimum atomic E-state index is -0.130. The summed E-state index contributed by atoms with van der Waals surface area (Å²) in [5.41, 5.74) is 0.780. The van der Waals surface area contributed by atoms with E-state index >= 15 is 0 Å². The van der Waals surface area contributed by atoms with Crippen LogP contribution < -0.4 is 5.56 Å². The van der Waals surface area contributed by atoms with Gasteiger partial charge in [0.2, 0.25) is 5.78 Å². The van der Waals surface area contributed by atoms with Crippen molar-refractivity contribution in [3.63, 3.8) is 0 Å². The highest BCUT2D eigenvalue weighted by Crippen LogP contribution is 2.00. The number of fused-ring (bicyclic) bond motifs is 1. The molecule has 68 valence electrons. The molecule has 2 heterocycles. The lowest BCUT2D eigenvalue weighted by Gasteiger charge is -2.07. The predicted octanol–water partition coefficient (Wildman–Crippen LogP) is 0.219. The second kappa shape index (κ2) is 2.69. The van der Waals surface area contributed by atoms with Crippen molar-refractivity contribution in [2.75, 3.05) is 0 Å². The van der Waals surface area contributed by atoms with E-state index in [1.165, 1.54) is 10.8 Å². The van der Waals surface area contributed by atoms with Crippen LogP contribution in [0, 0.1) is 6.92 Å². The quantitative estimate of drug-likeness (QED) is 0.627. The van der Waals surface area contributed by atoms with Gasteiger partial charge in [0, 0.05) is 18.3 Å². The van der Waals surface area contributed by atoms with Crippen LogP contribution in [0.1, 0.15) is 12.6 Å². The largest absolute Gasteiger partial charge is 0.315 e. The van der Waals surface area contributed by atoms with Crippen molar-refractivity contribution < 1.29 is 0 Å². The summed E-state index contributed by atoms with van der Waals surface area (Å²) in [5, 5.41) is 3.84. The Labute approximate surface area is 74.6 Å². The number of hydrogen-bond donors (Lipinski definition) is 0. The maximum absolute atomic E-state index is 11.4. The summed E-state index contributed by atoms with van der Waals surface area (Å²) in [7, 11) is 0. The smallest absolute Gasteiger partial charge is 0.275 e. The summed E-state index contributed by atoms with van der Waals surface area (Å²) >= 11 is 0. The first-order chi connectivity index (χ1) is 6.24. The topological polar surface area (TPSA) is 52.2 Å². The molecule has 0 bridgehead atoms. The molecule has 0 aliphatic carbocycles. The van der Waals surface area contributed by atoms with Crippen molar-refractivity contribution in [1.82, 2.24) is 19.2 Å². The van der Waals surface area contributed by atoms with Gasteiger partial charge in [0.25, 0.3) is 5.56 Å². The van der Waals surface area contributed by atoms with Gasteiger partial charge < -0.3 is 4.57 Å². The lowest BCUT2D eigenvalue weighted by atomic mass is 10.4. The van der Waals surface area contributed by atoms with Gasteiger partial charge in [-0.1, -0.05) is 0 Å². The van der Waals surface area contributed by atoms with Crippen LogP contribution in [0.15, 0.2) is 17.2 Å². The van der Waals surface area contributed by atoms with Gasteiger partial charge in [-0.25, -0.2) is 0 Å². The molecule has 0 unspecified atom stereocenters. The fraction of sp³-hybridized carbons (Fsp3) is 0.375. The Hall–Kier alpha value is -1.65. The average Bonchev–Trinajstić information content (AvgIpc) is 2.53. The molecule has 2 rings (SSSR count). The lowest BCUT2D eigenvalue weighted by molar-refractivity contribution is 0.707. The molecule has 0 aromatic carbocycles. The molecule has 5 heteroatoms. The molecule has 0 aliphatic rings. The van der Waals surface area contributed by atoms with Crippen LogP contribution in [0.3, 0.4) is 0 Å². The first-order valence-electron chi connectivity index (χ1n) is 4.14. The Kier molecular flexibility index (Phi) is 1.65. The molecule has 0 spiro atoms. The molecular weight excluding hydrogens is 168 g/mol. The van der Waals surface area contributed by atoms with Crippen LogP contribution in [-0.4, -0.2) is 19.2 Å². The number of aromatic nitrogens is 4. The van der Waals surface area contributed by atoms with Crippen LogP contribution in [0.4, 0.5) is 0 Å². The molecule has 0 saturated heterocycles. The van der Waals surface area contributed by atoms with Crippen LogP contribution in [0.2, 0.25) is 0 Å². The molecule has 0 fully saturated rings. The second-order valence-corrected chi connectivity index (χ2v) is 2.84. The Balaban J connectivity index is 2.97. The van der Waals surface area contributed by atoms with Gasteiger partial charge in [-0.15, -0.1) is 0 Å². The van der Waals surface area contributed by atoms with Gasteiger partial charge in [0.1, 0.15) is 6.33 Å². The van der Waals surface area contributed by atoms with Gasteiger partial charge in [-0.3, -0.25) is 4.79 Å². The highest BCUT2D eigenvalue weighted by molar-refractivity contribution is 5.28. The van der Waals surface area contributed by atoms with E-state index in [9.17, 15) is 4.79 Å². The highest BCUT2D eigenvalue weighted by Gasteiger charge is 2.05. The van der Waals surface area contributed by atoms with Crippen molar-refractivity contribution in [2.45, 2.75) is 20.4 Å². The van der Waals surface area contributed by atoms with Crippen molar-refractivity contribution in [1.29, 1.82) is 0 Å². The standard InChI is InChI=1S/C8H10N4O/c1-3-11-6(2)4-7(13)12-8(11)9-5-10-12/h4-5H,3H2,1-2H3. The molecular formula is C8H10N4O. The Bertz CT molecular complexity index is 496. The number of aryl methyl sites for hydroxylation is 2. The summed E-state index contributed by atoms with van der Waals surface area (Å²) < 4.78 is 3.24. The number of rotatable bonds is 1. The van der Waals surface area contributed by atoms with E-state index in [2.05, 4.69) is 10.1 Å². The van der Waals surface area contributed by atoms with Crippen molar-refractivity contribution >= 4 is 5.78 Å². The third-order valence-electron chi connectivity index (χ3n) is 2.05. The zero-order chi connectivity index (χ0) is 9.42. The highest BCUT2D eigenvalue weighted by atomic mass is 16.1. The van der Waals surface area contributed by atoms with Gasteiger partial charge in [0.15, 0.2) is 0 Å². The van der Waals surface area contributed by atoms with Crippen LogP contribution in [0.5, 0.6) is 0 Å². The van der Waals surface area contributed by atoms with Gasteiger partial charge in [-0.05, 0) is 13.8 Å². The minimum Gasteiger partial charge on any atom is -0.315 e. The Morgan fingerprint density at radius 1 is 1.54 bits per heavy atom. The monoisotopic (exact) mass is 178 g/mol. The molecule has 0 amide bonds. The summed E-state index contributed by atoms with van der Waals surface area (Å²) in [4.78, 5) is 15.4. The molecule has 0 saturated carbocycles. The summed E-state index contributed by atoms with van der Waals surface area (Å²) in [6, 6.07) is 1.56. The predicted molar refractivity (Wildman–Crippen MR) is 47.7 cm³/mol. The SMILES string of the molecule is CCn1c(C)cc(=O)n2ncnc12. The number of nitrogens with zero attached hydrogens (tertiary/aromatic N) is 4. The van der Waals surface area contributed by atoms with E-state index in [4.69, 9.17) is 0 Å². The lowest BCUT2D eigenvalue weighted by Crippen LogP contribution is -2.19. The number of hydrogen-bond acceptors (Lipinski definition) is 3. The fourth-order valence-corrected chi connectivity index (χ4v) is 1.44. The van der Waals surface area contributed by atoms with Crippen molar-refractivity contribution in [3.05, 3.63) is 28.4 Å². The van der Waals surface area contributed by atoms with Crippen LogP contribution in [-0.2, 0) is 6.54 Å². The normalized spacial score (nSPS) is 10.9. The first kappa shape index (κ1) is 7.97. The van der Waals surface area contributed by atoms with Gasteiger partial charge in [0.05, 0.1) is 0 Å². The minimum absolute atomic E-state index is 0.130. The second-order valence-electron chi connectivity index (χ2n) is 2.84.